The van der Waals surface area contributed by atoms with Crippen LogP contribution < -0.4 is 10.9 Å². The molecule has 4 rings (SSSR count). The Morgan fingerprint density at radius 1 is 1.03 bits per heavy atom. The van der Waals surface area contributed by atoms with Crippen molar-refractivity contribution in [2.24, 2.45) is 0 Å². The molecule has 1 N–H and O–H groups in total. The number of aromatic nitrogens is 2. The van der Waals surface area contributed by atoms with Crippen LogP contribution in [0.25, 0.3) is 16.6 Å². The van der Waals surface area contributed by atoms with E-state index >= 15 is 0 Å². The highest BCUT2D eigenvalue weighted by Gasteiger charge is 2.15. The molecule has 7 heteroatoms. The number of aryl methyl sites for hydroxylation is 2. The number of hydrogen-bond donors (Lipinski definition) is 1. The van der Waals surface area contributed by atoms with Crippen LogP contribution in [0.15, 0.2) is 76.7 Å². The van der Waals surface area contributed by atoms with E-state index in [9.17, 15) is 14.0 Å². The molecule has 0 unspecified atom stereocenters. The van der Waals surface area contributed by atoms with Crippen molar-refractivity contribution in [2.75, 3.05) is 11.1 Å². The van der Waals surface area contributed by atoms with E-state index in [-0.39, 0.29) is 17.2 Å². The molecule has 31 heavy (non-hydrogen) atoms. The van der Waals surface area contributed by atoms with E-state index in [4.69, 9.17) is 0 Å². The molecule has 1 amide bonds. The van der Waals surface area contributed by atoms with Crippen LogP contribution in [0.5, 0.6) is 0 Å². The molecule has 156 valence electrons. The summed E-state index contributed by atoms with van der Waals surface area (Å²) in [4.78, 5) is 30.3. The number of rotatable bonds is 5. The minimum Gasteiger partial charge on any atom is -0.325 e. The van der Waals surface area contributed by atoms with Crippen molar-refractivity contribution >= 4 is 34.3 Å². The molecule has 0 saturated heterocycles. The number of hydrogen-bond acceptors (Lipinski definition) is 4. The molecule has 1 aromatic heterocycles. The lowest BCUT2D eigenvalue weighted by molar-refractivity contribution is -0.113. The van der Waals surface area contributed by atoms with E-state index in [0.717, 1.165) is 28.6 Å². The molecule has 0 bridgehead atoms. The van der Waals surface area contributed by atoms with Gasteiger partial charge in [0.1, 0.15) is 5.82 Å². The number of fused-ring (bicyclic) bond motifs is 1. The number of nitrogens with one attached hydrogen (secondary N) is 1. The smallest absolute Gasteiger partial charge is 0.266 e. The average Bonchev–Trinajstić information content (AvgIpc) is 2.76. The van der Waals surface area contributed by atoms with Gasteiger partial charge in [0.2, 0.25) is 5.91 Å². The molecule has 4 aromatic rings. The fourth-order valence-electron chi connectivity index (χ4n) is 3.17. The molecule has 0 spiro atoms. The second-order valence-electron chi connectivity index (χ2n) is 7.16. The van der Waals surface area contributed by atoms with Gasteiger partial charge in [0.25, 0.3) is 5.56 Å². The Hall–Kier alpha value is -3.45. The van der Waals surface area contributed by atoms with Crippen LogP contribution in [0.3, 0.4) is 0 Å². The van der Waals surface area contributed by atoms with E-state index in [0.29, 0.717) is 21.7 Å². The Morgan fingerprint density at radius 3 is 2.52 bits per heavy atom. The Balaban J connectivity index is 1.65. The first-order chi connectivity index (χ1) is 14.9. The van der Waals surface area contributed by atoms with Gasteiger partial charge in [0.05, 0.1) is 22.3 Å². The van der Waals surface area contributed by atoms with E-state index in [1.54, 1.807) is 24.3 Å². The van der Waals surface area contributed by atoms with Gasteiger partial charge in [-0.3, -0.25) is 14.2 Å². The van der Waals surface area contributed by atoms with Gasteiger partial charge in [-0.25, -0.2) is 9.37 Å². The number of carbonyl (C=O) groups is 1. The number of carbonyl (C=O) groups excluding carboxylic acids is 1. The lowest BCUT2D eigenvalue weighted by atomic mass is 10.1. The molecule has 0 aliphatic rings. The fourth-order valence-corrected chi connectivity index (χ4v) is 3.99. The van der Waals surface area contributed by atoms with Crippen LogP contribution in [0.1, 0.15) is 11.1 Å². The van der Waals surface area contributed by atoms with Crippen molar-refractivity contribution in [3.05, 3.63) is 94.0 Å². The van der Waals surface area contributed by atoms with Gasteiger partial charge >= 0.3 is 0 Å². The maximum Gasteiger partial charge on any atom is 0.266 e. The highest BCUT2D eigenvalue weighted by atomic mass is 32.2. The highest BCUT2D eigenvalue weighted by Crippen LogP contribution is 2.22. The van der Waals surface area contributed by atoms with Crippen molar-refractivity contribution in [1.29, 1.82) is 0 Å². The lowest BCUT2D eigenvalue weighted by Crippen LogP contribution is -2.23. The summed E-state index contributed by atoms with van der Waals surface area (Å²) in [7, 11) is 0. The first-order valence-corrected chi connectivity index (χ1v) is 10.7. The molecule has 1 heterocycles. The molecule has 3 aromatic carbocycles. The summed E-state index contributed by atoms with van der Waals surface area (Å²) in [5.74, 6) is -0.535. The summed E-state index contributed by atoms with van der Waals surface area (Å²) < 4.78 is 14.8. The highest BCUT2D eigenvalue weighted by molar-refractivity contribution is 7.99. The minimum atomic E-state index is -0.396. The lowest BCUT2D eigenvalue weighted by Gasteiger charge is -2.13. The summed E-state index contributed by atoms with van der Waals surface area (Å²) in [6.07, 6.45) is 0. The quantitative estimate of drug-likeness (QED) is 0.360. The molecular formula is C24H20FN3O2S. The van der Waals surface area contributed by atoms with E-state index in [1.807, 2.05) is 32.0 Å². The predicted molar refractivity (Wildman–Crippen MR) is 123 cm³/mol. The molecular weight excluding hydrogens is 413 g/mol. The second kappa shape index (κ2) is 8.73. The maximum absolute atomic E-state index is 13.4. The first-order valence-electron chi connectivity index (χ1n) is 9.70. The standard InChI is InChI=1S/C24H20FN3O2S/c1-15-7-10-18(13-16(15)2)26-22(29)14-31-24-27-21-6-4-3-5-20(21)23(30)28(24)19-11-8-17(25)9-12-19/h3-13H,14H2,1-2H3,(H,26,29). The Labute approximate surface area is 182 Å². The molecule has 5 nitrogen and oxygen atoms in total. The Bertz CT molecular complexity index is 1330. The van der Waals surface area contributed by atoms with Gasteiger partial charge in [-0.1, -0.05) is 30.0 Å². The van der Waals surface area contributed by atoms with Crippen molar-refractivity contribution < 1.29 is 9.18 Å². The van der Waals surface area contributed by atoms with Gasteiger partial charge in [-0.05, 0) is 73.5 Å². The van der Waals surface area contributed by atoms with Gasteiger partial charge in [0, 0.05) is 5.69 Å². The molecule has 0 aliphatic carbocycles. The zero-order chi connectivity index (χ0) is 22.0. The van der Waals surface area contributed by atoms with E-state index in [1.165, 1.54) is 28.8 Å². The maximum atomic E-state index is 13.4. The fraction of sp³-hybridized carbons (Fsp3) is 0.125. The SMILES string of the molecule is Cc1ccc(NC(=O)CSc2nc3ccccc3c(=O)n2-c2ccc(F)cc2)cc1C. The van der Waals surface area contributed by atoms with E-state index in [2.05, 4.69) is 10.3 Å². The summed E-state index contributed by atoms with van der Waals surface area (Å²) in [6.45, 7) is 4.00. The molecule has 0 fully saturated rings. The van der Waals surface area contributed by atoms with Gasteiger partial charge in [0.15, 0.2) is 5.16 Å². The number of benzene rings is 3. The molecule has 0 aliphatic heterocycles. The predicted octanol–water partition coefficient (Wildman–Crippen LogP) is 4.87. The Kier molecular flexibility index (Phi) is 5.86. The van der Waals surface area contributed by atoms with Crippen molar-refractivity contribution in [1.82, 2.24) is 9.55 Å². The van der Waals surface area contributed by atoms with Gasteiger partial charge in [-0.2, -0.15) is 0 Å². The topological polar surface area (TPSA) is 64.0 Å². The number of para-hydroxylation sites is 1. The van der Waals surface area contributed by atoms with Crippen LogP contribution in [0.2, 0.25) is 0 Å². The van der Waals surface area contributed by atoms with Crippen LogP contribution >= 0.6 is 11.8 Å². The van der Waals surface area contributed by atoms with E-state index < -0.39 is 5.82 Å². The number of anilines is 1. The summed E-state index contributed by atoms with van der Waals surface area (Å²) in [5.41, 5.74) is 3.72. The molecule has 0 radical (unpaired) electrons. The minimum absolute atomic E-state index is 0.0684. The van der Waals surface area contributed by atoms with Crippen LogP contribution in [-0.4, -0.2) is 21.2 Å². The van der Waals surface area contributed by atoms with Crippen molar-refractivity contribution in [3.63, 3.8) is 0 Å². The van der Waals surface area contributed by atoms with Crippen molar-refractivity contribution in [3.8, 4) is 5.69 Å². The first kappa shape index (κ1) is 20.8. The zero-order valence-corrected chi connectivity index (χ0v) is 17.9. The summed E-state index contributed by atoms with van der Waals surface area (Å²) in [5, 5.41) is 3.69. The third-order valence-corrected chi connectivity index (χ3v) is 5.89. The number of nitrogens with zero attached hydrogens (tertiary/aromatic N) is 2. The van der Waals surface area contributed by atoms with Crippen molar-refractivity contribution in [2.45, 2.75) is 19.0 Å². The Morgan fingerprint density at radius 2 is 1.77 bits per heavy atom. The van der Waals surface area contributed by atoms with Gasteiger partial charge in [-0.15, -0.1) is 0 Å². The van der Waals surface area contributed by atoms with Crippen LogP contribution in [-0.2, 0) is 4.79 Å². The normalized spacial score (nSPS) is 10.9. The summed E-state index contributed by atoms with van der Waals surface area (Å²) >= 11 is 1.16. The number of amides is 1. The third-order valence-electron chi connectivity index (χ3n) is 4.95. The monoisotopic (exact) mass is 433 g/mol. The van der Waals surface area contributed by atoms with Crippen LogP contribution in [0.4, 0.5) is 10.1 Å². The number of halogens is 1. The van der Waals surface area contributed by atoms with Crippen LogP contribution in [0, 0.1) is 19.7 Å². The third kappa shape index (κ3) is 4.51. The largest absolute Gasteiger partial charge is 0.325 e. The second-order valence-corrected chi connectivity index (χ2v) is 8.11. The molecule has 0 saturated carbocycles. The van der Waals surface area contributed by atoms with Gasteiger partial charge < -0.3 is 5.32 Å². The summed E-state index contributed by atoms with van der Waals surface area (Å²) in [6, 6.07) is 18.4. The number of thioether (sulfide) groups is 1. The zero-order valence-electron chi connectivity index (χ0n) is 17.1. The average molecular weight is 434 g/mol. The molecule has 0 atom stereocenters.